The van der Waals surface area contributed by atoms with Gasteiger partial charge in [-0.05, 0) is 48.0 Å². The summed E-state index contributed by atoms with van der Waals surface area (Å²) in [5, 5.41) is 5.44. The van der Waals surface area contributed by atoms with Gasteiger partial charge in [0.05, 0.1) is 30.5 Å². The van der Waals surface area contributed by atoms with Crippen LogP contribution in [0.1, 0.15) is 21.5 Å². The van der Waals surface area contributed by atoms with Crippen molar-refractivity contribution in [2.75, 3.05) is 14.2 Å². The molecule has 0 aliphatic heterocycles. The van der Waals surface area contributed by atoms with Crippen molar-refractivity contribution in [2.24, 2.45) is 5.10 Å². The van der Waals surface area contributed by atoms with Gasteiger partial charge in [-0.15, -0.1) is 0 Å². The van der Waals surface area contributed by atoms with Crippen LogP contribution >= 0.6 is 34.8 Å². The predicted molar refractivity (Wildman–Crippen MR) is 127 cm³/mol. The van der Waals surface area contributed by atoms with Crippen molar-refractivity contribution in [3.05, 3.63) is 86.4 Å². The number of amides is 1. The smallest absolute Gasteiger partial charge is 0.271 e. The summed E-state index contributed by atoms with van der Waals surface area (Å²) in [5.74, 6) is 1.08. The van der Waals surface area contributed by atoms with Gasteiger partial charge in [0, 0.05) is 22.2 Å². The van der Waals surface area contributed by atoms with Crippen LogP contribution in [0.15, 0.2) is 59.7 Å². The molecule has 0 bridgehead atoms. The van der Waals surface area contributed by atoms with E-state index in [4.69, 9.17) is 49.0 Å². The molecule has 0 unspecified atom stereocenters. The van der Waals surface area contributed by atoms with Gasteiger partial charge < -0.3 is 14.2 Å². The van der Waals surface area contributed by atoms with E-state index in [2.05, 4.69) is 10.5 Å². The summed E-state index contributed by atoms with van der Waals surface area (Å²) in [7, 11) is 3.01. The molecule has 0 aliphatic carbocycles. The first-order chi connectivity index (χ1) is 15.4. The zero-order valence-electron chi connectivity index (χ0n) is 17.2. The van der Waals surface area contributed by atoms with Gasteiger partial charge in [0.15, 0.2) is 0 Å². The van der Waals surface area contributed by atoms with Gasteiger partial charge in [0.2, 0.25) is 0 Å². The zero-order chi connectivity index (χ0) is 23.1. The number of carbonyl (C=O) groups is 1. The van der Waals surface area contributed by atoms with E-state index in [0.717, 1.165) is 5.56 Å². The Kier molecular flexibility index (Phi) is 8.22. The Hall–Kier alpha value is -2.93. The molecule has 32 heavy (non-hydrogen) atoms. The predicted octanol–water partition coefficient (Wildman–Crippen LogP) is 6.01. The van der Waals surface area contributed by atoms with Crippen LogP contribution < -0.4 is 19.6 Å². The quantitative estimate of drug-likeness (QED) is 0.308. The van der Waals surface area contributed by atoms with Gasteiger partial charge >= 0.3 is 0 Å². The molecule has 1 amide bonds. The van der Waals surface area contributed by atoms with Gasteiger partial charge in [-0.1, -0.05) is 40.9 Å². The third-order valence-corrected chi connectivity index (χ3v) is 5.31. The van der Waals surface area contributed by atoms with Crippen molar-refractivity contribution < 1.29 is 19.0 Å². The minimum Gasteiger partial charge on any atom is -0.497 e. The van der Waals surface area contributed by atoms with Crippen LogP contribution in [0.2, 0.25) is 15.1 Å². The van der Waals surface area contributed by atoms with Crippen LogP contribution in [0.25, 0.3) is 0 Å². The minimum absolute atomic E-state index is 0.259. The molecule has 0 aliphatic rings. The lowest BCUT2D eigenvalue weighted by molar-refractivity contribution is 0.0954. The first-order valence-electron chi connectivity index (χ1n) is 9.32. The standard InChI is InChI=1S/C23H19Cl3N2O4/c1-30-18-9-15(10-19(11-18)31-2)23(29)28-27-12-16-8-17(24)4-6-22(16)32-13-14-3-5-20(25)21(26)7-14/h3-12H,13H2,1-2H3,(H,28,29)/b27-12-. The van der Waals surface area contributed by atoms with Crippen LogP contribution in [0.5, 0.6) is 17.2 Å². The average Bonchev–Trinajstić information content (AvgIpc) is 2.80. The molecular weight excluding hydrogens is 475 g/mol. The highest BCUT2D eigenvalue weighted by molar-refractivity contribution is 6.42. The number of nitrogens with zero attached hydrogens (tertiary/aromatic N) is 1. The SMILES string of the molecule is COc1cc(OC)cc(C(=O)N/N=C\c2cc(Cl)ccc2OCc2ccc(Cl)c(Cl)c2)c1. The van der Waals surface area contributed by atoms with Crippen molar-refractivity contribution in [1.82, 2.24) is 5.43 Å². The molecule has 0 fully saturated rings. The summed E-state index contributed by atoms with van der Waals surface area (Å²) in [6.45, 7) is 0.259. The number of hydrazone groups is 1. The Bertz CT molecular complexity index is 1130. The fourth-order valence-corrected chi connectivity index (χ4v) is 3.21. The molecule has 3 rings (SSSR count). The largest absolute Gasteiger partial charge is 0.497 e. The van der Waals surface area contributed by atoms with E-state index in [-0.39, 0.29) is 6.61 Å². The number of hydrogen-bond acceptors (Lipinski definition) is 5. The van der Waals surface area contributed by atoms with Crippen LogP contribution in [-0.4, -0.2) is 26.3 Å². The Labute approximate surface area is 200 Å². The van der Waals surface area contributed by atoms with Crippen molar-refractivity contribution >= 4 is 46.9 Å². The zero-order valence-corrected chi connectivity index (χ0v) is 19.5. The summed E-state index contributed by atoms with van der Waals surface area (Å²) >= 11 is 18.1. The molecule has 0 saturated heterocycles. The lowest BCUT2D eigenvalue weighted by Gasteiger charge is -2.10. The van der Waals surface area contributed by atoms with E-state index in [1.54, 1.807) is 48.5 Å². The van der Waals surface area contributed by atoms with E-state index in [9.17, 15) is 4.79 Å². The van der Waals surface area contributed by atoms with Crippen LogP contribution in [0.3, 0.4) is 0 Å². The number of carbonyl (C=O) groups excluding carboxylic acids is 1. The summed E-state index contributed by atoms with van der Waals surface area (Å²) < 4.78 is 16.2. The minimum atomic E-state index is -0.432. The van der Waals surface area contributed by atoms with Crippen LogP contribution in [0.4, 0.5) is 0 Å². The third kappa shape index (κ3) is 6.29. The first kappa shape index (κ1) is 23.7. The van der Waals surface area contributed by atoms with Gasteiger partial charge in [0.1, 0.15) is 23.9 Å². The molecule has 6 nitrogen and oxygen atoms in total. The number of rotatable bonds is 8. The fourth-order valence-electron chi connectivity index (χ4n) is 2.71. The van der Waals surface area contributed by atoms with Crippen molar-refractivity contribution in [3.8, 4) is 17.2 Å². The molecule has 3 aromatic carbocycles. The maximum absolute atomic E-state index is 12.5. The summed E-state index contributed by atoms with van der Waals surface area (Å²) in [6, 6.07) is 15.2. The number of benzene rings is 3. The molecule has 0 heterocycles. The molecule has 1 N–H and O–H groups in total. The molecule has 0 spiro atoms. The highest BCUT2D eigenvalue weighted by atomic mass is 35.5. The van der Waals surface area contributed by atoms with Crippen molar-refractivity contribution in [2.45, 2.75) is 6.61 Å². The summed E-state index contributed by atoms with van der Waals surface area (Å²) in [6.07, 6.45) is 1.45. The van der Waals surface area contributed by atoms with E-state index in [0.29, 0.717) is 43.4 Å². The lowest BCUT2D eigenvalue weighted by Crippen LogP contribution is -2.17. The Morgan fingerprint density at radius 2 is 1.66 bits per heavy atom. The van der Waals surface area contributed by atoms with Gasteiger partial charge in [-0.3, -0.25) is 4.79 Å². The van der Waals surface area contributed by atoms with Crippen molar-refractivity contribution in [1.29, 1.82) is 0 Å². The fraction of sp³-hybridized carbons (Fsp3) is 0.130. The second kappa shape index (κ2) is 11.1. The van der Waals surface area contributed by atoms with Gasteiger partial charge in [0.25, 0.3) is 5.91 Å². The molecule has 166 valence electrons. The molecular formula is C23H19Cl3N2O4. The van der Waals surface area contributed by atoms with Crippen molar-refractivity contribution in [3.63, 3.8) is 0 Å². The monoisotopic (exact) mass is 492 g/mol. The molecule has 0 atom stereocenters. The summed E-state index contributed by atoms with van der Waals surface area (Å²) in [4.78, 5) is 12.5. The number of ether oxygens (including phenoxy) is 3. The number of hydrogen-bond donors (Lipinski definition) is 1. The second-order valence-electron chi connectivity index (χ2n) is 6.52. The van der Waals surface area contributed by atoms with E-state index >= 15 is 0 Å². The Morgan fingerprint density at radius 1 is 0.938 bits per heavy atom. The second-order valence-corrected chi connectivity index (χ2v) is 7.77. The van der Waals surface area contributed by atoms with Gasteiger partial charge in [-0.25, -0.2) is 5.43 Å². The van der Waals surface area contributed by atoms with E-state index < -0.39 is 5.91 Å². The lowest BCUT2D eigenvalue weighted by atomic mass is 10.2. The topological polar surface area (TPSA) is 69.2 Å². The maximum Gasteiger partial charge on any atom is 0.271 e. The molecule has 0 aromatic heterocycles. The third-order valence-electron chi connectivity index (χ3n) is 4.33. The van der Waals surface area contributed by atoms with Crippen LogP contribution in [-0.2, 0) is 6.61 Å². The number of methoxy groups -OCH3 is 2. The number of halogens is 3. The maximum atomic E-state index is 12.5. The normalized spacial score (nSPS) is 10.8. The first-order valence-corrected chi connectivity index (χ1v) is 10.5. The van der Waals surface area contributed by atoms with E-state index in [1.165, 1.54) is 20.4 Å². The number of nitrogens with one attached hydrogen (secondary N) is 1. The average molecular weight is 494 g/mol. The molecule has 9 heteroatoms. The highest BCUT2D eigenvalue weighted by Gasteiger charge is 2.10. The highest BCUT2D eigenvalue weighted by Crippen LogP contribution is 2.26. The van der Waals surface area contributed by atoms with E-state index in [1.807, 2.05) is 6.07 Å². The van der Waals surface area contributed by atoms with Gasteiger partial charge in [-0.2, -0.15) is 5.10 Å². The Balaban J connectivity index is 1.72. The molecule has 0 radical (unpaired) electrons. The molecule has 3 aromatic rings. The summed E-state index contributed by atoms with van der Waals surface area (Å²) in [5.41, 5.74) is 4.24. The Morgan fingerprint density at radius 3 is 2.31 bits per heavy atom. The van der Waals surface area contributed by atoms with Crippen LogP contribution in [0, 0.1) is 0 Å². The molecule has 0 saturated carbocycles.